The van der Waals surface area contributed by atoms with Crippen molar-refractivity contribution in [2.75, 3.05) is 54.0 Å². The standard InChI is InChI=1S/C44H51N3O6/c1-6-46(7-2)19-9-8-10-41(48)47-21-18-30-25-38-39-27-33(30)34(47)23-29-13-16-36(49-4)37(24-29)51-32-14-11-28(12-15-32)22-35-42-31(17-20-45(35)3)26-40(50-5)43(52-38)44(42)53-39/h11-16,24-27,34-35H,6-10,17-23H2,1-5H3/t34-,35-/m0/s1. The molecule has 0 radical (unpaired) electrons. The summed E-state index contributed by atoms with van der Waals surface area (Å²) in [6, 6.07) is 20.7. The number of unbranched alkanes of at least 4 members (excludes halogenated alkanes) is 1. The fraction of sp³-hybridized carbons (Fsp3) is 0.432. The van der Waals surface area contributed by atoms with Gasteiger partial charge in [-0.3, -0.25) is 9.69 Å². The van der Waals surface area contributed by atoms with Crippen molar-refractivity contribution >= 4 is 5.91 Å². The topological polar surface area (TPSA) is 72.9 Å². The lowest BCUT2D eigenvalue weighted by Crippen LogP contribution is -2.41. The van der Waals surface area contributed by atoms with E-state index in [4.69, 9.17) is 23.7 Å². The molecule has 278 valence electrons. The first-order valence-corrected chi connectivity index (χ1v) is 19.3. The summed E-state index contributed by atoms with van der Waals surface area (Å²) in [5.41, 5.74) is 6.86. The fourth-order valence-electron chi connectivity index (χ4n) is 8.63. The molecule has 0 spiro atoms. The average molecular weight is 718 g/mol. The highest BCUT2D eigenvalue weighted by atomic mass is 16.6. The molecule has 9 nitrogen and oxygen atoms in total. The minimum absolute atomic E-state index is 0.0613. The molecule has 4 aromatic rings. The number of methoxy groups -OCH3 is 2. The van der Waals surface area contributed by atoms with Crippen LogP contribution in [-0.2, 0) is 30.5 Å². The lowest BCUT2D eigenvalue weighted by atomic mass is 9.86. The number of likely N-dealkylation sites (N-methyl/N-ethyl adjacent to an activating group) is 1. The molecule has 4 aromatic carbocycles. The monoisotopic (exact) mass is 717 g/mol. The van der Waals surface area contributed by atoms with Crippen molar-refractivity contribution in [2.45, 2.75) is 70.9 Å². The third-order valence-corrected chi connectivity index (χ3v) is 11.7. The Kier molecular flexibility index (Phi) is 9.96. The van der Waals surface area contributed by atoms with Crippen molar-refractivity contribution in [1.82, 2.24) is 14.7 Å². The zero-order chi connectivity index (χ0) is 36.6. The fourth-order valence-corrected chi connectivity index (χ4v) is 8.63. The zero-order valence-electron chi connectivity index (χ0n) is 31.7. The maximum atomic E-state index is 14.1. The van der Waals surface area contributed by atoms with Crippen LogP contribution in [0.15, 0.2) is 60.7 Å². The Hall–Kier alpha value is -4.73. The molecule has 2 atom stereocenters. The molecule has 5 heterocycles. The lowest BCUT2D eigenvalue weighted by Gasteiger charge is -2.40. The van der Waals surface area contributed by atoms with Crippen molar-refractivity contribution in [2.24, 2.45) is 0 Å². The third kappa shape index (κ3) is 6.81. The van der Waals surface area contributed by atoms with Crippen LogP contribution in [0, 0.1) is 0 Å². The maximum Gasteiger partial charge on any atom is 0.223 e. The highest BCUT2D eigenvalue weighted by Gasteiger charge is 2.38. The molecular weight excluding hydrogens is 666 g/mol. The molecule has 0 saturated carbocycles. The Balaban J connectivity index is 1.23. The van der Waals surface area contributed by atoms with E-state index in [9.17, 15) is 4.79 Å². The van der Waals surface area contributed by atoms with Gasteiger partial charge in [0, 0.05) is 31.1 Å². The van der Waals surface area contributed by atoms with Crippen molar-refractivity contribution < 1.29 is 28.5 Å². The van der Waals surface area contributed by atoms with Gasteiger partial charge in [-0.15, -0.1) is 0 Å². The van der Waals surface area contributed by atoms with Gasteiger partial charge in [-0.25, -0.2) is 0 Å². The predicted octanol–water partition coefficient (Wildman–Crippen LogP) is 8.66. The van der Waals surface area contributed by atoms with Gasteiger partial charge in [-0.2, -0.15) is 0 Å². The van der Waals surface area contributed by atoms with E-state index >= 15 is 0 Å². The second kappa shape index (κ2) is 15.0. The number of nitrogens with zero attached hydrogens (tertiary/aromatic N) is 3. The first kappa shape index (κ1) is 35.3. The van der Waals surface area contributed by atoms with E-state index in [-0.39, 0.29) is 18.0 Å². The summed E-state index contributed by atoms with van der Waals surface area (Å²) in [5.74, 6) is 5.61. The van der Waals surface area contributed by atoms with Crippen molar-refractivity contribution in [3.05, 3.63) is 94.0 Å². The van der Waals surface area contributed by atoms with E-state index < -0.39 is 0 Å². The van der Waals surface area contributed by atoms with E-state index in [2.05, 4.69) is 78.1 Å². The Labute approximate surface area is 313 Å². The molecule has 1 amide bonds. The Bertz CT molecular complexity index is 1990. The molecule has 0 aliphatic carbocycles. The van der Waals surface area contributed by atoms with Crippen LogP contribution in [0.5, 0.6) is 46.0 Å². The maximum absolute atomic E-state index is 14.1. The van der Waals surface area contributed by atoms with Crippen LogP contribution < -0.4 is 23.7 Å². The van der Waals surface area contributed by atoms with E-state index in [0.29, 0.717) is 53.9 Å². The van der Waals surface area contributed by atoms with Crippen LogP contribution in [0.3, 0.4) is 0 Å². The minimum atomic E-state index is -0.193. The number of fused-ring (bicyclic) bond motifs is 2. The van der Waals surface area contributed by atoms with Crippen LogP contribution in [-0.4, -0.2) is 74.6 Å². The van der Waals surface area contributed by atoms with E-state index in [1.165, 1.54) is 16.7 Å². The van der Waals surface area contributed by atoms with Crippen molar-refractivity contribution in [3.8, 4) is 46.0 Å². The SMILES string of the molecule is CCN(CC)CCCCC(=O)N1CCc2cc3c4cc2[C@@H]1Cc1ccc(OC)c(c1)Oc1ccc(cc1)C[C@H]1c2c(cc(OC)c(c2O4)O3)CCN1C. The van der Waals surface area contributed by atoms with Gasteiger partial charge in [-0.1, -0.05) is 32.0 Å². The molecule has 0 N–H and O–H groups in total. The summed E-state index contributed by atoms with van der Waals surface area (Å²) in [4.78, 5) is 21.1. The van der Waals surface area contributed by atoms with Crippen LogP contribution in [0.2, 0.25) is 0 Å². The predicted molar refractivity (Wildman–Crippen MR) is 205 cm³/mol. The van der Waals surface area contributed by atoms with Crippen LogP contribution >= 0.6 is 0 Å². The molecule has 0 aromatic heterocycles. The first-order chi connectivity index (χ1) is 25.9. The summed E-state index contributed by atoms with van der Waals surface area (Å²) in [7, 11) is 5.54. The van der Waals surface area contributed by atoms with Gasteiger partial charge in [0.05, 0.1) is 20.3 Å². The molecule has 7 bridgehead atoms. The van der Waals surface area contributed by atoms with Crippen LogP contribution in [0.4, 0.5) is 0 Å². The van der Waals surface area contributed by atoms with Gasteiger partial charge < -0.3 is 33.5 Å². The molecule has 53 heavy (non-hydrogen) atoms. The summed E-state index contributed by atoms with van der Waals surface area (Å²) >= 11 is 0. The van der Waals surface area contributed by atoms with Gasteiger partial charge in [0.15, 0.2) is 34.5 Å². The molecule has 9 rings (SSSR count). The normalized spacial score (nSPS) is 18.5. The molecule has 0 saturated heterocycles. The number of amides is 1. The number of hydrogen-bond donors (Lipinski definition) is 0. The smallest absolute Gasteiger partial charge is 0.223 e. The van der Waals surface area contributed by atoms with Gasteiger partial charge in [0.25, 0.3) is 0 Å². The van der Waals surface area contributed by atoms with Gasteiger partial charge in [0.2, 0.25) is 11.7 Å². The van der Waals surface area contributed by atoms with E-state index in [1.807, 2.05) is 18.2 Å². The largest absolute Gasteiger partial charge is 0.493 e. The number of carbonyl (C=O) groups is 1. The highest BCUT2D eigenvalue weighted by molar-refractivity contribution is 5.77. The van der Waals surface area contributed by atoms with Crippen LogP contribution in [0.1, 0.15) is 78.6 Å². The summed E-state index contributed by atoms with van der Waals surface area (Å²) in [5, 5.41) is 0. The third-order valence-electron chi connectivity index (χ3n) is 11.7. The molecule has 0 unspecified atom stereocenters. The summed E-state index contributed by atoms with van der Waals surface area (Å²) in [6.07, 6.45) is 5.42. The Morgan fingerprint density at radius 3 is 2.25 bits per heavy atom. The number of benzene rings is 4. The Morgan fingerprint density at radius 1 is 0.755 bits per heavy atom. The summed E-state index contributed by atoms with van der Waals surface area (Å²) in [6.45, 7) is 9.02. The number of hydrogen-bond acceptors (Lipinski definition) is 8. The molecule has 0 fully saturated rings. The quantitative estimate of drug-likeness (QED) is 0.140. The van der Waals surface area contributed by atoms with E-state index in [0.717, 1.165) is 86.5 Å². The Morgan fingerprint density at radius 2 is 1.47 bits per heavy atom. The lowest BCUT2D eigenvalue weighted by molar-refractivity contribution is -0.134. The number of ether oxygens (including phenoxy) is 5. The molecule has 5 aliphatic rings. The van der Waals surface area contributed by atoms with Crippen molar-refractivity contribution in [1.29, 1.82) is 0 Å². The zero-order valence-corrected chi connectivity index (χ0v) is 31.7. The second-order valence-electron chi connectivity index (χ2n) is 14.7. The average Bonchev–Trinajstić information content (AvgIpc) is 3.17. The summed E-state index contributed by atoms with van der Waals surface area (Å²) < 4.78 is 31.9. The van der Waals surface area contributed by atoms with Gasteiger partial charge in [-0.05, 0) is 135 Å². The molecule has 9 heteroatoms. The highest BCUT2D eigenvalue weighted by Crippen LogP contribution is 2.56. The van der Waals surface area contributed by atoms with E-state index in [1.54, 1.807) is 14.2 Å². The number of carbonyl (C=O) groups excluding carboxylic acids is 1. The first-order valence-electron chi connectivity index (χ1n) is 19.3. The number of rotatable bonds is 9. The van der Waals surface area contributed by atoms with Crippen LogP contribution in [0.25, 0.3) is 0 Å². The molecule has 5 aliphatic heterocycles. The minimum Gasteiger partial charge on any atom is -0.493 e. The van der Waals surface area contributed by atoms with Gasteiger partial charge >= 0.3 is 0 Å². The van der Waals surface area contributed by atoms with Crippen molar-refractivity contribution in [3.63, 3.8) is 0 Å². The molecular formula is C44H51N3O6. The van der Waals surface area contributed by atoms with Gasteiger partial charge in [0.1, 0.15) is 5.75 Å². The second-order valence-corrected chi connectivity index (χ2v) is 14.7.